The quantitative estimate of drug-likeness (QED) is 0.544. The molecule has 2 heterocycles. The molecule has 7 heteroatoms. The first kappa shape index (κ1) is 18.4. The molecule has 4 rings (SSSR count). The average molecular weight is 390 g/mol. The predicted molar refractivity (Wildman–Crippen MR) is 103 cm³/mol. The summed E-state index contributed by atoms with van der Waals surface area (Å²) in [6.07, 6.45) is 1.29. The zero-order valence-electron chi connectivity index (χ0n) is 15.1. The topological polar surface area (TPSA) is 79.6 Å². The number of imide groups is 2. The van der Waals surface area contributed by atoms with E-state index >= 15 is 0 Å². The van der Waals surface area contributed by atoms with Gasteiger partial charge in [0.2, 0.25) is 0 Å². The third-order valence-electron chi connectivity index (χ3n) is 4.41. The molecule has 144 valence electrons. The lowest BCUT2D eigenvalue weighted by molar-refractivity contribution is -0.130. The van der Waals surface area contributed by atoms with Crippen molar-refractivity contribution in [2.24, 2.45) is 0 Å². The zero-order valence-corrected chi connectivity index (χ0v) is 15.1. The molecule has 0 radical (unpaired) electrons. The SMILES string of the molecule is O=C1NC(=O)N(Cc2ccccc2)C(=O)/C1=C/c1ccc(-c2ccc(F)cc2)o1. The summed E-state index contributed by atoms with van der Waals surface area (Å²) in [4.78, 5) is 38.1. The van der Waals surface area contributed by atoms with Crippen molar-refractivity contribution in [2.75, 3.05) is 0 Å². The van der Waals surface area contributed by atoms with Crippen molar-refractivity contribution in [2.45, 2.75) is 6.54 Å². The van der Waals surface area contributed by atoms with Crippen LogP contribution in [-0.4, -0.2) is 22.7 Å². The lowest BCUT2D eigenvalue weighted by Crippen LogP contribution is -2.53. The standard InChI is InChI=1S/C22H15FN2O4/c23-16-8-6-15(7-9-16)19-11-10-17(29-19)12-18-20(26)24-22(28)25(21(18)27)13-14-4-2-1-3-5-14/h1-12H,13H2,(H,24,26,28)/b18-12+. The van der Waals surface area contributed by atoms with Crippen LogP contribution in [0, 0.1) is 5.82 Å². The molecule has 3 aromatic rings. The molecular formula is C22H15FN2O4. The molecule has 1 aromatic heterocycles. The van der Waals surface area contributed by atoms with E-state index in [1.165, 1.54) is 18.2 Å². The number of furan rings is 1. The lowest BCUT2D eigenvalue weighted by Gasteiger charge is -2.26. The molecule has 1 saturated heterocycles. The van der Waals surface area contributed by atoms with E-state index in [1.54, 1.807) is 48.5 Å². The van der Waals surface area contributed by atoms with Crippen molar-refractivity contribution in [1.29, 1.82) is 0 Å². The van der Waals surface area contributed by atoms with Gasteiger partial charge in [0.05, 0.1) is 6.54 Å². The van der Waals surface area contributed by atoms with Crippen LogP contribution in [0.4, 0.5) is 9.18 Å². The van der Waals surface area contributed by atoms with E-state index in [-0.39, 0.29) is 23.7 Å². The Morgan fingerprint density at radius 3 is 2.38 bits per heavy atom. The van der Waals surface area contributed by atoms with E-state index in [4.69, 9.17) is 4.42 Å². The Kier molecular flexibility index (Phi) is 4.78. The molecule has 0 unspecified atom stereocenters. The third-order valence-corrected chi connectivity index (χ3v) is 4.41. The Bertz CT molecular complexity index is 1120. The van der Waals surface area contributed by atoms with Crippen LogP contribution in [0.3, 0.4) is 0 Å². The van der Waals surface area contributed by atoms with E-state index < -0.39 is 17.8 Å². The van der Waals surface area contributed by atoms with Gasteiger partial charge in [-0.25, -0.2) is 9.18 Å². The van der Waals surface area contributed by atoms with Crippen molar-refractivity contribution in [1.82, 2.24) is 10.2 Å². The Morgan fingerprint density at radius 1 is 0.931 bits per heavy atom. The summed E-state index contributed by atoms with van der Waals surface area (Å²) in [7, 11) is 0. The van der Waals surface area contributed by atoms with Gasteiger partial charge < -0.3 is 4.42 Å². The van der Waals surface area contributed by atoms with Crippen LogP contribution < -0.4 is 5.32 Å². The number of hydrogen-bond donors (Lipinski definition) is 1. The molecule has 0 atom stereocenters. The Morgan fingerprint density at radius 2 is 1.66 bits per heavy atom. The highest BCUT2D eigenvalue weighted by Crippen LogP contribution is 2.25. The van der Waals surface area contributed by atoms with Gasteiger partial charge in [-0.15, -0.1) is 0 Å². The fourth-order valence-corrected chi connectivity index (χ4v) is 2.95. The van der Waals surface area contributed by atoms with Gasteiger partial charge in [0.1, 0.15) is 22.9 Å². The number of urea groups is 1. The van der Waals surface area contributed by atoms with Gasteiger partial charge in [-0.2, -0.15) is 0 Å². The Balaban J connectivity index is 1.60. The largest absolute Gasteiger partial charge is 0.457 e. The first-order chi connectivity index (χ1) is 14.0. The van der Waals surface area contributed by atoms with Crippen LogP contribution in [0.2, 0.25) is 0 Å². The number of benzene rings is 2. The summed E-state index contributed by atoms with van der Waals surface area (Å²) in [6, 6.07) is 17.2. The molecule has 1 fully saturated rings. The van der Waals surface area contributed by atoms with Crippen LogP contribution in [-0.2, 0) is 16.1 Å². The van der Waals surface area contributed by atoms with Crippen molar-refractivity contribution in [3.63, 3.8) is 0 Å². The Labute approximate surface area is 165 Å². The van der Waals surface area contributed by atoms with Gasteiger partial charge in [0.25, 0.3) is 11.8 Å². The second kappa shape index (κ2) is 7.55. The van der Waals surface area contributed by atoms with Crippen molar-refractivity contribution >= 4 is 23.9 Å². The predicted octanol–water partition coefficient (Wildman–Crippen LogP) is 3.75. The molecule has 0 aliphatic carbocycles. The van der Waals surface area contributed by atoms with Crippen molar-refractivity contribution in [3.8, 4) is 11.3 Å². The fourth-order valence-electron chi connectivity index (χ4n) is 2.95. The van der Waals surface area contributed by atoms with Crippen LogP contribution in [0.1, 0.15) is 11.3 Å². The van der Waals surface area contributed by atoms with Gasteiger partial charge in [0.15, 0.2) is 0 Å². The minimum Gasteiger partial charge on any atom is -0.457 e. The molecule has 0 saturated carbocycles. The van der Waals surface area contributed by atoms with Gasteiger partial charge in [-0.05, 0) is 48.0 Å². The smallest absolute Gasteiger partial charge is 0.331 e. The number of barbiturate groups is 1. The van der Waals surface area contributed by atoms with Gasteiger partial charge >= 0.3 is 6.03 Å². The highest BCUT2D eigenvalue weighted by atomic mass is 19.1. The normalized spacial score (nSPS) is 15.7. The molecule has 1 aliphatic rings. The van der Waals surface area contributed by atoms with Crippen LogP contribution in [0.25, 0.3) is 17.4 Å². The number of halogens is 1. The highest BCUT2D eigenvalue weighted by Gasteiger charge is 2.35. The molecule has 0 bridgehead atoms. The van der Waals surface area contributed by atoms with E-state index in [0.717, 1.165) is 10.5 Å². The molecule has 2 aromatic carbocycles. The first-order valence-electron chi connectivity index (χ1n) is 8.80. The van der Waals surface area contributed by atoms with E-state index in [0.29, 0.717) is 11.3 Å². The zero-order chi connectivity index (χ0) is 20.4. The summed E-state index contributed by atoms with van der Waals surface area (Å²) in [5, 5.41) is 2.17. The third kappa shape index (κ3) is 3.84. The number of carbonyl (C=O) groups excluding carboxylic acids is 3. The first-order valence-corrected chi connectivity index (χ1v) is 8.80. The lowest BCUT2D eigenvalue weighted by atomic mass is 10.1. The van der Waals surface area contributed by atoms with Crippen molar-refractivity contribution < 1.29 is 23.2 Å². The molecule has 6 nitrogen and oxygen atoms in total. The molecular weight excluding hydrogens is 375 g/mol. The second-order valence-electron chi connectivity index (χ2n) is 6.40. The second-order valence-corrected chi connectivity index (χ2v) is 6.40. The minimum atomic E-state index is -0.788. The van der Waals surface area contributed by atoms with E-state index in [1.807, 2.05) is 6.07 Å². The van der Waals surface area contributed by atoms with Gasteiger partial charge in [0, 0.05) is 5.56 Å². The summed E-state index contributed by atoms with van der Waals surface area (Å²) >= 11 is 0. The summed E-state index contributed by atoms with van der Waals surface area (Å²) in [5.41, 5.74) is 1.19. The van der Waals surface area contributed by atoms with Crippen LogP contribution in [0.5, 0.6) is 0 Å². The number of carbonyl (C=O) groups is 3. The molecule has 0 spiro atoms. The van der Waals surface area contributed by atoms with Crippen molar-refractivity contribution in [3.05, 3.63) is 89.4 Å². The van der Waals surface area contributed by atoms with Gasteiger partial charge in [-0.1, -0.05) is 30.3 Å². The van der Waals surface area contributed by atoms with E-state index in [9.17, 15) is 18.8 Å². The number of nitrogens with zero attached hydrogens (tertiary/aromatic N) is 1. The number of hydrogen-bond acceptors (Lipinski definition) is 4. The number of nitrogens with one attached hydrogen (secondary N) is 1. The average Bonchev–Trinajstić information content (AvgIpc) is 3.18. The van der Waals surface area contributed by atoms with Gasteiger partial charge in [-0.3, -0.25) is 19.8 Å². The fraction of sp³-hybridized carbons (Fsp3) is 0.0455. The Hall–Kier alpha value is -4.00. The minimum absolute atomic E-state index is 0.0368. The summed E-state index contributed by atoms with van der Waals surface area (Å²) in [5.74, 6) is -1.14. The monoisotopic (exact) mass is 390 g/mol. The maximum Gasteiger partial charge on any atom is 0.331 e. The van der Waals surface area contributed by atoms with Crippen LogP contribution in [0.15, 0.2) is 76.7 Å². The summed E-state index contributed by atoms with van der Waals surface area (Å²) < 4.78 is 18.7. The highest BCUT2D eigenvalue weighted by molar-refractivity contribution is 6.30. The molecule has 29 heavy (non-hydrogen) atoms. The number of rotatable bonds is 4. The molecule has 1 aliphatic heterocycles. The maximum atomic E-state index is 13.1. The summed E-state index contributed by atoms with van der Waals surface area (Å²) in [6.45, 7) is 0.0368. The van der Waals surface area contributed by atoms with Crippen LogP contribution >= 0.6 is 0 Å². The van der Waals surface area contributed by atoms with E-state index in [2.05, 4.69) is 5.32 Å². The maximum absolute atomic E-state index is 13.1. The molecule has 1 N–H and O–H groups in total. The number of amides is 4. The molecule has 4 amide bonds.